The maximum absolute atomic E-state index is 13.0. The van der Waals surface area contributed by atoms with Gasteiger partial charge in [-0.1, -0.05) is 134 Å². The number of allylic oxidation sites excluding steroid dienone is 12. The number of carbonyl (C=O) groups is 1. The van der Waals surface area contributed by atoms with Gasteiger partial charge in [-0.2, -0.15) is 0 Å². The van der Waals surface area contributed by atoms with Crippen molar-refractivity contribution in [1.82, 2.24) is 10.2 Å². The monoisotopic (exact) mass is 715 g/mol. The highest BCUT2D eigenvalue weighted by molar-refractivity contribution is 14.2. The average Bonchev–Trinajstić information content (AvgIpc) is 2.94. The van der Waals surface area contributed by atoms with E-state index in [2.05, 4.69) is 75.0 Å². The summed E-state index contributed by atoms with van der Waals surface area (Å²) in [5.41, 5.74) is 6.32. The lowest BCUT2D eigenvalue weighted by Gasteiger charge is -2.35. The molecule has 1 aliphatic heterocycles. The van der Waals surface area contributed by atoms with Gasteiger partial charge in [0.25, 0.3) is 0 Å². The van der Waals surface area contributed by atoms with Gasteiger partial charge in [0, 0.05) is 46.5 Å². The van der Waals surface area contributed by atoms with Crippen LogP contribution in [0.15, 0.2) is 107 Å². The Labute approximate surface area is 254 Å². The fourth-order valence-corrected chi connectivity index (χ4v) is 6.45. The third kappa shape index (κ3) is 12.8. The zero-order valence-corrected chi connectivity index (χ0v) is 27.8. The molecule has 1 heterocycles. The number of carbonyl (C=O) groups excluding carboxylic acids is 1. The molecule has 3 N–H and O–H groups in total. The van der Waals surface area contributed by atoms with Gasteiger partial charge in [-0.25, -0.2) is 0 Å². The van der Waals surface area contributed by atoms with Gasteiger partial charge in [-0.3, -0.25) is 4.79 Å². The van der Waals surface area contributed by atoms with Crippen LogP contribution in [0.5, 0.6) is 0 Å². The first kappa shape index (κ1) is 36.1. The molecule has 210 valence electrons. The molecule has 0 fully saturated rings. The van der Waals surface area contributed by atoms with Crippen molar-refractivity contribution in [3.05, 3.63) is 107 Å². The molecule has 0 saturated heterocycles. The van der Waals surface area contributed by atoms with Crippen LogP contribution in [0.25, 0.3) is 0 Å². The Morgan fingerprint density at radius 1 is 1.29 bits per heavy atom. The Kier molecular flexibility index (Phi) is 20.9. The molecule has 0 aromatic rings. The summed E-state index contributed by atoms with van der Waals surface area (Å²) in [6.07, 6.45) is 28.2. The second kappa shape index (κ2) is 22.0. The van der Waals surface area contributed by atoms with E-state index in [0.717, 1.165) is 27.2 Å². The lowest BCUT2D eigenvalue weighted by molar-refractivity contribution is -0.123. The quantitative estimate of drug-likeness (QED) is 0.0559. The van der Waals surface area contributed by atoms with Crippen molar-refractivity contribution in [2.75, 3.05) is 25.5 Å². The third-order valence-electron chi connectivity index (χ3n) is 5.83. The van der Waals surface area contributed by atoms with E-state index < -0.39 is 5.41 Å². The van der Waals surface area contributed by atoms with Crippen LogP contribution >= 0.6 is 48.3 Å². The lowest BCUT2D eigenvalue weighted by Crippen LogP contribution is -2.45. The Morgan fingerprint density at radius 2 is 2.03 bits per heavy atom. The van der Waals surface area contributed by atoms with Gasteiger partial charge in [0.1, 0.15) is 5.41 Å². The Bertz CT molecular complexity index is 1000. The molecule has 0 spiro atoms. The van der Waals surface area contributed by atoms with E-state index in [0.29, 0.717) is 13.0 Å². The summed E-state index contributed by atoms with van der Waals surface area (Å²) in [4.78, 5) is 15.2. The number of hydrogen-bond acceptors (Lipinski definition) is 3. The van der Waals surface area contributed by atoms with Crippen molar-refractivity contribution in [3.63, 3.8) is 0 Å². The molecule has 7 heteroatoms. The molecule has 4 nitrogen and oxygen atoms in total. The molecule has 2 unspecified atom stereocenters. The normalized spacial score (nSPS) is 16.7. The molecule has 0 bridgehead atoms. The van der Waals surface area contributed by atoms with Gasteiger partial charge in [0.2, 0.25) is 5.91 Å². The predicted molar refractivity (Wildman–Crippen MR) is 183 cm³/mol. The van der Waals surface area contributed by atoms with E-state index in [9.17, 15) is 4.79 Å². The Hall–Kier alpha value is -1.90. The number of nitrogens with two attached hydrogens (primary N) is 1. The number of nitrogens with one attached hydrogen (secondary N) is 1. The summed E-state index contributed by atoms with van der Waals surface area (Å²) in [7, 11) is 0. The maximum atomic E-state index is 13.0. The standard InChI is InChI=1S/C30H41ClIN3O.CH3Br/c1-6-9-11-17-27(31)25(4)15-14-21-34-22-24-35(8-3)23-19-30(29(33)36,26(5)16-10-7-2)28-18-12-13-20-32-28;1-2/h6-7,9-18,20,22,24-25,34H,1,8,19,21,23H2,2-5H3,(H2,33,36);1H3/b10-7-,11-9-,15-14+,24-22-,26-16+,27-17+;. The Morgan fingerprint density at radius 3 is 2.61 bits per heavy atom. The maximum Gasteiger partial charge on any atom is 0.232 e. The average molecular weight is 717 g/mol. The minimum Gasteiger partial charge on any atom is -0.386 e. The van der Waals surface area contributed by atoms with Crippen molar-refractivity contribution in [2.24, 2.45) is 17.1 Å². The third-order valence-corrected chi connectivity index (χ3v) is 9.02. The number of amides is 1. The summed E-state index contributed by atoms with van der Waals surface area (Å²) in [6, 6.07) is 0. The van der Waals surface area contributed by atoms with Crippen LogP contribution in [0.2, 0.25) is 0 Å². The first-order valence-electron chi connectivity index (χ1n) is 12.6. The summed E-state index contributed by atoms with van der Waals surface area (Å²) in [6.45, 7) is 14.0. The van der Waals surface area contributed by atoms with Gasteiger partial charge in [-0.05, 0) is 43.2 Å². The first-order chi connectivity index (χ1) is 18.3. The van der Waals surface area contributed by atoms with E-state index >= 15 is 0 Å². The molecule has 1 rings (SSSR count). The highest BCUT2D eigenvalue weighted by Crippen LogP contribution is 2.38. The van der Waals surface area contributed by atoms with Crippen LogP contribution in [0.3, 0.4) is 0 Å². The van der Waals surface area contributed by atoms with Crippen LogP contribution in [-0.4, -0.2) is 39.8 Å². The van der Waals surface area contributed by atoms with Crippen LogP contribution in [-0.2, 0) is 4.79 Å². The molecule has 0 radical (unpaired) electrons. The molecular weight excluding hydrogens is 673 g/mol. The number of hydrogen-bond donors (Lipinski definition) is 2. The summed E-state index contributed by atoms with van der Waals surface area (Å²) >= 11 is 8.85. The number of alkyl halides is 1. The van der Waals surface area contributed by atoms with Gasteiger partial charge >= 0.3 is 0 Å². The van der Waals surface area contributed by atoms with E-state index in [1.165, 1.54) is 0 Å². The number of primary amides is 1. The van der Waals surface area contributed by atoms with Crippen molar-refractivity contribution in [1.29, 1.82) is 0 Å². The minimum absolute atomic E-state index is 0.142. The molecule has 2 atom stereocenters. The number of nitrogens with zero attached hydrogens (tertiary/aromatic N) is 1. The van der Waals surface area contributed by atoms with E-state index in [1.807, 2.05) is 74.6 Å². The van der Waals surface area contributed by atoms with Gasteiger partial charge in [0.05, 0.1) is 0 Å². The van der Waals surface area contributed by atoms with Crippen LogP contribution in [0.1, 0.15) is 34.1 Å². The summed E-state index contributed by atoms with van der Waals surface area (Å²) in [5, 5.41) is 4.08. The molecule has 38 heavy (non-hydrogen) atoms. The second-order valence-electron chi connectivity index (χ2n) is 8.27. The summed E-state index contributed by atoms with van der Waals surface area (Å²) < 4.78 is 3.34. The number of halogens is 3. The Balaban J connectivity index is 0.00000667. The predicted octanol–water partition coefficient (Wildman–Crippen LogP) is 8.05. The van der Waals surface area contributed by atoms with Crippen LogP contribution in [0.4, 0.5) is 0 Å². The highest BCUT2D eigenvalue weighted by Gasteiger charge is 2.41. The molecule has 0 saturated carbocycles. The fraction of sp³-hybridized carbons (Fsp3) is 0.355. The molecule has 0 aromatic heterocycles. The largest absolute Gasteiger partial charge is 0.386 e. The molecule has 1 aliphatic rings. The van der Waals surface area contributed by atoms with Crippen molar-refractivity contribution < 1.29 is 4.79 Å². The van der Waals surface area contributed by atoms with E-state index in [1.54, 1.807) is 6.08 Å². The van der Waals surface area contributed by atoms with Crippen LogP contribution < -0.4 is 11.1 Å². The molecule has 0 aliphatic carbocycles. The summed E-state index contributed by atoms with van der Waals surface area (Å²) in [5.74, 6) is 1.68. The number of rotatable bonds is 16. The topological polar surface area (TPSA) is 58.4 Å². The van der Waals surface area contributed by atoms with Crippen molar-refractivity contribution >= 4 is 57.7 Å². The molecular formula is C31H44BrClIN3O. The minimum atomic E-state index is -0.769. The van der Waals surface area contributed by atoms with Crippen molar-refractivity contribution in [3.8, 4) is 0 Å². The first-order valence-corrected chi connectivity index (χ1v) is 16.9. The van der Waals surface area contributed by atoms with E-state index in [-0.39, 0.29) is 32.6 Å². The van der Waals surface area contributed by atoms with Gasteiger partial charge in [-0.15, -0.1) is 0 Å². The fourth-order valence-electron chi connectivity index (χ4n) is 3.57. The van der Waals surface area contributed by atoms with E-state index in [4.69, 9.17) is 17.3 Å². The van der Waals surface area contributed by atoms with Gasteiger partial charge in [0.15, 0.2) is 0 Å². The van der Waals surface area contributed by atoms with Crippen LogP contribution in [0, 0.1) is 11.3 Å². The smallest absolute Gasteiger partial charge is 0.232 e. The lowest BCUT2D eigenvalue weighted by atomic mass is 9.73. The molecule has 0 aromatic carbocycles. The SMILES string of the molecule is C=C/C=C\C=C(\Cl)C(C)/C=C/CN/C=C\N(CC)CCC(C(N)=O)(C1=IC=CC=C1)/C(C)=C/C=C\C.CBr. The second-order valence-corrected chi connectivity index (χ2v) is 11.2. The highest BCUT2D eigenvalue weighted by atomic mass is 127. The van der Waals surface area contributed by atoms with Gasteiger partial charge < -0.3 is 16.0 Å². The zero-order chi connectivity index (χ0) is 28.8. The zero-order valence-electron chi connectivity index (χ0n) is 23.3. The molecule has 1 amide bonds. The van der Waals surface area contributed by atoms with Crippen molar-refractivity contribution in [2.45, 2.75) is 34.1 Å².